The SMILES string of the molecule is [C-]#[N+]c1ccc(OCCCN(C)C)cc1. The Kier molecular flexibility index (Phi) is 4.65. The van der Waals surface area contributed by atoms with Gasteiger partial charge in [0.05, 0.1) is 13.2 Å². The van der Waals surface area contributed by atoms with Crippen LogP contribution in [0.4, 0.5) is 5.69 Å². The second-order valence-electron chi connectivity index (χ2n) is 3.61. The van der Waals surface area contributed by atoms with Gasteiger partial charge in [0.25, 0.3) is 0 Å². The van der Waals surface area contributed by atoms with Gasteiger partial charge in [0.15, 0.2) is 5.69 Å². The Morgan fingerprint density at radius 2 is 1.93 bits per heavy atom. The lowest BCUT2D eigenvalue weighted by Crippen LogP contribution is -2.15. The number of hydrogen-bond acceptors (Lipinski definition) is 2. The van der Waals surface area contributed by atoms with Crippen LogP contribution in [0.5, 0.6) is 5.75 Å². The molecular formula is C12H16N2O. The predicted molar refractivity (Wildman–Crippen MR) is 61.4 cm³/mol. The predicted octanol–water partition coefficient (Wildman–Crippen LogP) is 2.57. The van der Waals surface area contributed by atoms with E-state index in [2.05, 4.69) is 9.74 Å². The molecule has 0 spiro atoms. The highest BCUT2D eigenvalue weighted by Gasteiger charge is 1.95. The van der Waals surface area contributed by atoms with Gasteiger partial charge in [-0.2, -0.15) is 0 Å². The van der Waals surface area contributed by atoms with Crippen molar-refractivity contribution >= 4 is 5.69 Å². The molecule has 0 aliphatic rings. The molecule has 0 fully saturated rings. The molecule has 0 saturated carbocycles. The van der Waals surface area contributed by atoms with Gasteiger partial charge in [-0.1, -0.05) is 12.1 Å². The lowest BCUT2D eigenvalue weighted by Gasteiger charge is -2.10. The molecule has 0 aliphatic heterocycles. The van der Waals surface area contributed by atoms with E-state index in [4.69, 9.17) is 11.3 Å². The third-order valence-corrected chi connectivity index (χ3v) is 1.98. The Morgan fingerprint density at radius 3 is 2.47 bits per heavy atom. The van der Waals surface area contributed by atoms with Gasteiger partial charge in [-0.05, 0) is 32.6 Å². The molecular weight excluding hydrogens is 188 g/mol. The lowest BCUT2D eigenvalue weighted by molar-refractivity contribution is 0.281. The van der Waals surface area contributed by atoms with Crippen LogP contribution in [0.3, 0.4) is 0 Å². The monoisotopic (exact) mass is 204 g/mol. The maximum Gasteiger partial charge on any atom is 0.187 e. The average molecular weight is 204 g/mol. The lowest BCUT2D eigenvalue weighted by atomic mass is 10.3. The highest BCUT2D eigenvalue weighted by molar-refractivity contribution is 5.46. The zero-order chi connectivity index (χ0) is 11.1. The van der Waals surface area contributed by atoms with E-state index in [0.717, 1.165) is 25.3 Å². The van der Waals surface area contributed by atoms with E-state index in [1.807, 2.05) is 26.2 Å². The fourth-order valence-electron chi connectivity index (χ4n) is 1.19. The molecule has 0 amide bonds. The number of rotatable bonds is 5. The van der Waals surface area contributed by atoms with Crippen molar-refractivity contribution in [3.05, 3.63) is 35.7 Å². The van der Waals surface area contributed by atoms with Gasteiger partial charge in [-0.25, -0.2) is 4.85 Å². The first-order chi connectivity index (χ1) is 7.22. The van der Waals surface area contributed by atoms with Gasteiger partial charge in [0.2, 0.25) is 0 Å². The third-order valence-electron chi connectivity index (χ3n) is 1.98. The van der Waals surface area contributed by atoms with Crippen molar-refractivity contribution in [1.29, 1.82) is 0 Å². The topological polar surface area (TPSA) is 16.8 Å². The molecule has 80 valence electrons. The Bertz CT molecular complexity index is 324. The molecule has 15 heavy (non-hydrogen) atoms. The van der Waals surface area contributed by atoms with Gasteiger partial charge in [-0.15, -0.1) is 0 Å². The molecule has 0 atom stereocenters. The molecule has 3 heteroatoms. The van der Waals surface area contributed by atoms with Crippen LogP contribution >= 0.6 is 0 Å². The van der Waals surface area contributed by atoms with Crippen molar-refractivity contribution in [2.24, 2.45) is 0 Å². The second-order valence-corrected chi connectivity index (χ2v) is 3.61. The van der Waals surface area contributed by atoms with E-state index in [9.17, 15) is 0 Å². The molecule has 0 heterocycles. The van der Waals surface area contributed by atoms with Crippen LogP contribution in [-0.4, -0.2) is 32.1 Å². The molecule has 0 bridgehead atoms. The Morgan fingerprint density at radius 1 is 1.27 bits per heavy atom. The molecule has 0 saturated heterocycles. The van der Waals surface area contributed by atoms with Crippen molar-refractivity contribution in [3.8, 4) is 5.75 Å². The van der Waals surface area contributed by atoms with Crippen LogP contribution in [0.2, 0.25) is 0 Å². The second kappa shape index (κ2) is 6.05. The summed E-state index contributed by atoms with van der Waals surface area (Å²) in [7, 11) is 4.09. The van der Waals surface area contributed by atoms with Gasteiger partial charge in [0.1, 0.15) is 5.75 Å². The van der Waals surface area contributed by atoms with Crippen molar-refractivity contribution in [1.82, 2.24) is 4.90 Å². The van der Waals surface area contributed by atoms with Crippen molar-refractivity contribution in [2.45, 2.75) is 6.42 Å². The van der Waals surface area contributed by atoms with Crippen LogP contribution in [0.15, 0.2) is 24.3 Å². The first-order valence-corrected chi connectivity index (χ1v) is 4.97. The summed E-state index contributed by atoms with van der Waals surface area (Å²) >= 11 is 0. The standard InChI is InChI=1S/C12H16N2O/c1-13-11-5-7-12(8-6-11)15-10-4-9-14(2)3/h5-8H,4,9-10H2,2-3H3. The summed E-state index contributed by atoms with van der Waals surface area (Å²) in [6, 6.07) is 7.22. The minimum absolute atomic E-state index is 0.649. The van der Waals surface area contributed by atoms with Crippen LogP contribution in [0.25, 0.3) is 4.85 Å². The zero-order valence-corrected chi connectivity index (χ0v) is 9.23. The summed E-state index contributed by atoms with van der Waals surface area (Å²) in [6.45, 7) is 8.55. The summed E-state index contributed by atoms with van der Waals surface area (Å²) in [6.07, 6.45) is 1.01. The van der Waals surface area contributed by atoms with E-state index in [1.54, 1.807) is 12.1 Å². The smallest absolute Gasteiger partial charge is 0.187 e. The first-order valence-electron chi connectivity index (χ1n) is 4.97. The number of ether oxygens (including phenoxy) is 1. The minimum Gasteiger partial charge on any atom is -0.494 e. The first kappa shape index (κ1) is 11.5. The van der Waals surface area contributed by atoms with Gasteiger partial charge < -0.3 is 9.64 Å². The third kappa shape index (κ3) is 4.48. The highest BCUT2D eigenvalue weighted by Crippen LogP contribution is 2.17. The van der Waals surface area contributed by atoms with Gasteiger partial charge in [-0.3, -0.25) is 0 Å². The number of benzene rings is 1. The largest absolute Gasteiger partial charge is 0.494 e. The molecule has 0 aromatic heterocycles. The molecule has 0 aliphatic carbocycles. The maximum atomic E-state index is 6.81. The highest BCUT2D eigenvalue weighted by atomic mass is 16.5. The molecule has 1 aromatic carbocycles. The Labute approximate surface area is 91.1 Å². The Hall–Kier alpha value is -1.53. The molecule has 1 rings (SSSR count). The Balaban J connectivity index is 2.29. The fraction of sp³-hybridized carbons (Fsp3) is 0.417. The van der Waals surface area contributed by atoms with E-state index in [1.165, 1.54) is 0 Å². The zero-order valence-electron chi connectivity index (χ0n) is 9.23. The summed E-state index contributed by atoms with van der Waals surface area (Å²) < 4.78 is 5.53. The van der Waals surface area contributed by atoms with Crippen LogP contribution in [-0.2, 0) is 0 Å². The summed E-state index contributed by atoms with van der Waals surface area (Å²) in [5.74, 6) is 0.834. The molecule has 3 nitrogen and oxygen atoms in total. The van der Waals surface area contributed by atoms with E-state index >= 15 is 0 Å². The van der Waals surface area contributed by atoms with E-state index < -0.39 is 0 Å². The van der Waals surface area contributed by atoms with Crippen LogP contribution in [0.1, 0.15) is 6.42 Å². The van der Waals surface area contributed by atoms with E-state index in [0.29, 0.717) is 5.69 Å². The molecule has 0 N–H and O–H groups in total. The van der Waals surface area contributed by atoms with Crippen LogP contribution < -0.4 is 4.74 Å². The molecule has 0 radical (unpaired) electrons. The fourth-order valence-corrected chi connectivity index (χ4v) is 1.19. The van der Waals surface area contributed by atoms with Crippen molar-refractivity contribution in [3.63, 3.8) is 0 Å². The van der Waals surface area contributed by atoms with Crippen molar-refractivity contribution in [2.75, 3.05) is 27.2 Å². The molecule has 1 aromatic rings. The number of nitrogens with zero attached hydrogens (tertiary/aromatic N) is 2. The van der Waals surface area contributed by atoms with Crippen LogP contribution in [0, 0.1) is 6.57 Å². The van der Waals surface area contributed by atoms with E-state index in [-0.39, 0.29) is 0 Å². The maximum absolute atomic E-state index is 6.81. The van der Waals surface area contributed by atoms with Gasteiger partial charge in [0, 0.05) is 6.54 Å². The quantitative estimate of drug-likeness (QED) is 0.541. The summed E-state index contributed by atoms with van der Waals surface area (Å²) in [5.41, 5.74) is 0.649. The summed E-state index contributed by atoms with van der Waals surface area (Å²) in [5, 5.41) is 0. The minimum atomic E-state index is 0.649. The number of hydrogen-bond donors (Lipinski definition) is 0. The van der Waals surface area contributed by atoms with Crippen molar-refractivity contribution < 1.29 is 4.74 Å². The summed E-state index contributed by atoms with van der Waals surface area (Å²) in [4.78, 5) is 5.45. The van der Waals surface area contributed by atoms with Gasteiger partial charge >= 0.3 is 0 Å². The average Bonchev–Trinajstić information content (AvgIpc) is 2.25. The normalized spacial score (nSPS) is 10.0. The molecule has 0 unspecified atom stereocenters.